The Labute approximate surface area is 127 Å². The molecule has 0 unspecified atom stereocenters. The highest BCUT2D eigenvalue weighted by molar-refractivity contribution is 5.76. The molecule has 0 atom stereocenters. The van der Waals surface area contributed by atoms with Crippen molar-refractivity contribution in [2.24, 2.45) is 0 Å². The number of hydrogen-bond donors (Lipinski definition) is 0. The van der Waals surface area contributed by atoms with Gasteiger partial charge in [-0.2, -0.15) is 9.13 Å². The van der Waals surface area contributed by atoms with Gasteiger partial charge in [0.15, 0.2) is 11.4 Å². The normalized spacial score (nSPS) is 13.5. The minimum absolute atomic E-state index is 0.155. The molecular weight excluding hydrogens is 272 g/mol. The van der Waals surface area contributed by atoms with Crippen LogP contribution in [0.4, 0.5) is 0 Å². The molecule has 4 aromatic heterocycles. The van der Waals surface area contributed by atoms with Crippen LogP contribution in [0, 0.1) is 0 Å². The Morgan fingerprint density at radius 1 is 0.727 bits per heavy atom. The lowest BCUT2D eigenvalue weighted by molar-refractivity contribution is -0.885. The summed E-state index contributed by atoms with van der Waals surface area (Å²) in [5, 5.41) is 2.31. The van der Waals surface area contributed by atoms with Gasteiger partial charge in [-0.05, 0) is 58.5 Å². The lowest BCUT2D eigenvalue weighted by atomic mass is 10.2. The molecule has 0 amide bonds. The van der Waals surface area contributed by atoms with Gasteiger partial charge in [-0.3, -0.25) is 0 Å². The van der Waals surface area contributed by atoms with Crippen LogP contribution in [-0.4, -0.2) is 9.97 Å². The predicted octanol–water partition coefficient (Wildman–Crippen LogP) is 2.41. The Bertz CT molecular complexity index is 970. The van der Waals surface area contributed by atoms with Gasteiger partial charge in [0, 0.05) is 6.92 Å². The number of hydrogen-bond acceptors (Lipinski definition) is 2. The van der Waals surface area contributed by atoms with E-state index in [1.165, 1.54) is 11.4 Å². The molecule has 0 N–H and O–H groups in total. The van der Waals surface area contributed by atoms with E-state index in [1.807, 2.05) is 24.5 Å². The summed E-state index contributed by atoms with van der Waals surface area (Å²) in [6, 6.07) is 16.8. The van der Waals surface area contributed by atoms with Crippen molar-refractivity contribution in [2.75, 3.05) is 0 Å². The van der Waals surface area contributed by atoms with Crippen molar-refractivity contribution in [3.63, 3.8) is 0 Å². The first-order valence-electron chi connectivity index (χ1n) is 7.43. The molecule has 0 spiro atoms. The topological polar surface area (TPSA) is 33.5 Å². The molecule has 0 aliphatic carbocycles. The fourth-order valence-electron chi connectivity index (χ4n) is 3.50. The van der Waals surface area contributed by atoms with Crippen LogP contribution in [0.1, 0.15) is 13.1 Å². The Morgan fingerprint density at radius 3 is 1.73 bits per heavy atom. The van der Waals surface area contributed by atoms with Crippen molar-refractivity contribution in [2.45, 2.75) is 13.1 Å². The lowest BCUT2D eigenvalue weighted by Crippen LogP contribution is -2.51. The average Bonchev–Trinajstić information content (AvgIpc) is 2.88. The van der Waals surface area contributed by atoms with Crippen LogP contribution in [0.25, 0.3) is 33.5 Å². The summed E-state index contributed by atoms with van der Waals surface area (Å²) in [5.74, 6) is 0. The van der Waals surface area contributed by atoms with Gasteiger partial charge in [-0.25, -0.2) is 0 Å². The standard InChI is InChI=1S/C18H14N4/c1-12-21-15(8-6-13-4-2-10-19-17(13)21)16-9-7-14-5-3-11-20-18(14)22(12)16/h2-12H,1H3/q+2. The van der Waals surface area contributed by atoms with E-state index in [0.717, 1.165) is 22.1 Å². The second kappa shape index (κ2) is 4.07. The molecule has 0 radical (unpaired) electrons. The monoisotopic (exact) mass is 286 g/mol. The summed E-state index contributed by atoms with van der Waals surface area (Å²) in [6.07, 6.45) is 3.86. The van der Waals surface area contributed by atoms with Crippen molar-refractivity contribution >= 4 is 22.1 Å². The lowest BCUT2D eigenvalue weighted by Gasteiger charge is -2.04. The Kier molecular flexibility index (Phi) is 2.17. The molecule has 0 bridgehead atoms. The molecule has 22 heavy (non-hydrogen) atoms. The molecule has 0 saturated carbocycles. The second-order valence-electron chi connectivity index (χ2n) is 5.64. The van der Waals surface area contributed by atoms with E-state index in [2.05, 4.69) is 62.4 Å². The van der Waals surface area contributed by atoms with Gasteiger partial charge < -0.3 is 0 Å². The van der Waals surface area contributed by atoms with E-state index >= 15 is 0 Å². The van der Waals surface area contributed by atoms with Gasteiger partial charge in [0.1, 0.15) is 12.4 Å². The number of pyridine rings is 4. The fraction of sp³-hybridized carbons (Fsp3) is 0.111. The molecule has 104 valence electrons. The third-order valence-electron chi connectivity index (χ3n) is 4.46. The number of aromatic nitrogens is 4. The first kappa shape index (κ1) is 11.7. The van der Waals surface area contributed by atoms with Gasteiger partial charge in [0.25, 0.3) is 0 Å². The Morgan fingerprint density at radius 2 is 1.23 bits per heavy atom. The van der Waals surface area contributed by atoms with Crippen molar-refractivity contribution < 1.29 is 9.13 Å². The highest BCUT2D eigenvalue weighted by Gasteiger charge is 2.37. The first-order chi connectivity index (χ1) is 10.8. The van der Waals surface area contributed by atoms with E-state index in [4.69, 9.17) is 0 Å². The SMILES string of the molecule is CC1[n+]2c(ccc3cccnc32)-c2ccc3cccnc3[n+]21. The Balaban J connectivity index is 1.93. The van der Waals surface area contributed by atoms with Gasteiger partial charge >= 0.3 is 11.3 Å². The summed E-state index contributed by atoms with van der Waals surface area (Å²) in [4.78, 5) is 9.19. The van der Waals surface area contributed by atoms with Crippen LogP contribution >= 0.6 is 0 Å². The quantitative estimate of drug-likeness (QED) is 0.465. The van der Waals surface area contributed by atoms with Crippen LogP contribution < -0.4 is 9.13 Å². The zero-order valence-corrected chi connectivity index (χ0v) is 12.1. The fourth-order valence-corrected chi connectivity index (χ4v) is 3.50. The zero-order valence-electron chi connectivity index (χ0n) is 12.1. The summed E-state index contributed by atoms with van der Waals surface area (Å²) >= 11 is 0. The van der Waals surface area contributed by atoms with Crippen molar-refractivity contribution in [3.8, 4) is 11.4 Å². The van der Waals surface area contributed by atoms with Crippen LogP contribution in [0.2, 0.25) is 0 Å². The van der Waals surface area contributed by atoms with Gasteiger partial charge in [-0.1, -0.05) is 0 Å². The van der Waals surface area contributed by atoms with Gasteiger partial charge in [0.05, 0.1) is 10.8 Å². The average molecular weight is 286 g/mol. The largest absolute Gasteiger partial charge is 0.334 e. The van der Waals surface area contributed by atoms with Crippen molar-refractivity contribution in [1.29, 1.82) is 0 Å². The minimum Gasteiger partial charge on any atom is -0.179 e. The van der Waals surface area contributed by atoms with Crippen LogP contribution in [0.3, 0.4) is 0 Å². The molecule has 4 nitrogen and oxygen atoms in total. The first-order valence-corrected chi connectivity index (χ1v) is 7.43. The third kappa shape index (κ3) is 1.36. The van der Waals surface area contributed by atoms with E-state index in [1.54, 1.807) is 0 Å². The smallest absolute Gasteiger partial charge is 0.179 e. The summed E-state index contributed by atoms with van der Waals surface area (Å²) in [5.41, 5.74) is 4.40. The highest BCUT2D eigenvalue weighted by Crippen LogP contribution is 2.25. The molecule has 0 aromatic carbocycles. The maximum Gasteiger partial charge on any atom is 0.334 e. The molecule has 4 heteroatoms. The second-order valence-corrected chi connectivity index (χ2v) is 5.64. The summed E-state index contributed by atoms with van der Waals surface area (Å²) in [6.45, 7) is 2.20. The summed E-state index contributed by atoms with van der Waals surface area (Å²) in [7, 11) is 0. The molecule has 4 aromatic rings. The maximum absolute atomic E-state index is 4.60. The maximum atomic E-state index is 4.60. The Hall–Kier alpha value is -2.88. The zero-order chi connectivity index (χ0) is 14.7. The molecule has 1 aliphatic heterocycles. The van der Waals surface area contributed by atoms with E-state index < -0.39 is 0 Å². The van der Waals surface area contributed by atoms with Crippen LogP contribution in [0.15, 0.2) is 60.9 Å². The number of nitrogens with zero attached hydrogens (tertiary/aromatic N) is 4. The van der Waals surface area contributed by atoms with Crippen LogP contribution in [0.5, 0.6) is 0 Å². The minimum atomic E-state index is 0.155. The number of fused-ring (bicyclic) bond motifs is 7. The predicted molar refractivity (Wildman–Crippen MR) is 83.0 cm³/mol. The van der Waals surface area contributed by atoms with E-state index in [9.17, 15) is 0 Å². The van der Waals surface area contributed by atoms with Crippen LogP contribution in [-0.2, 0) is 0 Å². The van der Waals surface area contributed by atoms with E-state index in [-0.39, 0.29) is 6.17 Å². The van der Waals surface area contributed by atoms with Crippen molar-refractivity contribution in [1.82, 2.24) is 9.97 Å². The molecular formula is C18H14N4+2. The third-order valence-corrected chi connectivity index (χ3v) is 4.46. The molecule has 1 aliphatic rings. The van der Waals surface area contributed by atoms with Gasteiger partial charge in [-0.15, -0.1) is 0 Å². The summed E-state index contributed by atoms with van der Waals surface area (Å²) < 4.78 is 4.58. The molecule has 5 heterocycles. The van der Waals surface area contributed by atoms with Crippen molar-refractivity contribution in [3.05, 3.63) is 60.9 Å². The highest BCUT2D eigenvalue weighted by atomic mass is 15.3. The van der Waals surface area contributed by atoms with E-state index in [0.29, 0.717) is 0 Å². The molecule has 0 fully saturated rings. The molecule has 0 saturated heterocycles. The van der Waals surface area contributed by atoms with Gasteiger partial charge in [0.2, 0.25) is 6.17 Å². The molecule has 5 rings (SSSR count). The number of rotatable bonds is 0.